The first-order chi connectivity index (χ1) is 9.08. The van der Waals surface area contributed by atoms with E-state index in [-0.39, 0.29) is 23.5 Å². The van der Waals surface area contributed by atoms with E-state index >= 15 is 0 Å². The number of Topliss-reactive ketones (excluding diaryl/α,β-unsaturated/α-hetero) is 1. The Hall–Kier alpha value is -1.68. The molecule has 19 heavy (non-hydrogen) atoms. The van der Waals surface area contributed by atoms with Crippen molar-refractivity contribution in [2.24, 2.45) is 11.8 Å². The van der Waals surface area contributed by atoms with Gasteiger partial charge in [-0.1, -0.05) is 6.92 Å². The molecule has 4 nitrogen and oxygen atoms in total. The number of hydrogen-bond donors (Lipinski definition) is 1. The Bertz CT molecular complexity index is 467. The molecular formula is C15H19NO3. The maximum absolute atomic E-state index is 12.4. The molecule has 1 heterocycles. The molecule has 2 atom stereocenters. The van der Waals surface area contributed by atoms with E-state index in [4.69, 9.17) is 4.74 Å². The topological polar surface area (TPSA) is 55.4 Å². The first-order valence-electron chi connectivity index (χ1n) is 6.57. The minimum absolute atomic E-state index is 0.0420. The van der Waals surface area contributed by atoms with Crippen LogP contribution < -0.4 is 5.32 Å². The van der Waals surface area contributed by atoms with Crippen LogP contribution in [-0.4, -0.2) is 24.9 Å². The number of rotatable bonds is 3. The number of anilines is 1. The van der Waals surface area contributed by atoms with Crippen LogP contribution in [0.3, 0.4) is 0 Å². The number of nitrogens with one attached hydrogen (secondary N) is 1. The molecule has 1 aliphatic rings. The summed E-state index contributed by atoms with van der Waals surface area (Å²) in [5.74, 6) is 0.360. The van der Waals surface area contributed by atoms with Crippen molar-refractivity contribution in [3.63, 3.8) is 0 Å². The Labute approximate surface area is 113 Å². The number of carbonyl (C=O) groups is 2. The molecule has 1 N–H and O–H groups in total. The fraction of sp³-hybridized carbons (Fsp3) is 0.467. The maximum Gasteiger partial charge on any atom is 0.221 e. The van der Waals surface area contributed by atoms with Crippen LogP contribution in [0.1, 0.15) is 30.6 Å². The molecular weight excluding hydrogens is 242 g/mol. The molecule has 0 radical (unpaired) electrons. The second kappa shape index (κ2) is 5.97. The molecule has 1 aromatic rings. The summed E-state index contributed by atoms with van der Waals surface area (Å²) in [5.41, 5.74) is 1.41. The van der Waals surface area contributed by atoms with Gasteiger partial charge in [-0.15, -0.1) is 0 Å². The van der Waals surface area contributed by atoms with Gasteiger partial charge in [-0.05, 0) is 36.6 Å². The average Bonchev–Trinajstić information content (AvgIpc) is 2.39. The van der Waals surface area contributed by atoms with Gasteiger partial charge in [-0.3, -0.25) is 9.59 Å². The fourth-order valence-corrected chi connectivity index (χ4v) is 2.40. The maximum atomic E-state index is 12.4. The molecule has 2 rings (SSSR count). The normalized spacial score (nSPS) is 22.8. The second-order valence-corrected chi connectivity index (χ2v) is 5.07. The molecule has 0 aromatic heterocycles. The summed E-state index contributed by atoms with van der Waals surface area (Å²) < 4.78 is 5.36. The molecule has 2 unspecified atom stereocenters. The highest BCUT2D eigenvalue weighted by molar-refractivity contribution is 5.98. The lowest BCUT2D eigenvalue weighted by molar-refractivity contribution is -0.114. The van der Waals surface area contributed by atoms with Gasteiger partial charge in [-0.2, -0.15) is 0 Å². The minimum atomic E-state index is -0.114. The van der Waals surface area contributed by atoms with Gasteiger partial charge in [0.15, 0.2) is 5.78 Å². The number of ether oxygens (including phenoxy) is 1. The monoisotopic (exact) mass is 261 g/mol. The van der Waals surface area contributed by atoms with Crippen LogP contribution in [0.25, 0.3) is 0 Å². The minimum Gasteiger partial charge on any atom is -0.381 e. The Morgan fingerprint density at radius 2 is 1.95 bits per heavy atom. The van der Waals surface area contributed by atoms with Crippen LogP contribution >= 0.6 is 0 Å². The van der Waals surface area contributed by atoms with Gasteiger partial charge >= 0.3 is 0 Å². The molecule has 102 valence electrons. The smallest absolute Gasteiger partial charge is 0.221 e. The van der Waals surface area contributed by atoms with Gasteiger partial charge in [0.2, 0.25) is 5.91 Å². The van der Waals surface area contributed by atoms with Crippen LogP contribution in [0.4, 0.5) is 5.69 Å². The highest BCUT2D eigenvalue weighted by Gasteiger charge is 2.28. The lowest BCUT2D eigenvalue weighted by Crippen LogP contribution is -2.31. The van der Waals surface area contributed by atoms with Crippen molar-refractivity contribution in [3.05, 3.63) is 29.8 Å². The zero-order valence-corrected chi connectivity index (χ0v) is 11.3. The third-order valence-electron chi connectivity index (χ3n) is 3.47. The van der Waals surface area contributed by atoms with E-state index in [1.807, 2.05) is 6.92 Å². The van der Waals surface area contributed by atoms with E-state index < -0.39 is 0 Å². The predicted molar refractivity (Wildman–Crippen MR) is 73.2 cm³/mol. The van der Waals surface area contributed by atoms with E-state index in [9.17, 15) is 9.59 Å². The summed E-state index contributed by atoms with van der Waals surface area (Å²) in [6, 6.07) is 7.07. The molecule has 1 fully saturated rings. The van der Waals surface area contributed by atoms with Crippen molar-refractivity contribution in [2.45, 2.75) is 20.3 Å². The first kappa shape index (κ1) is 13.7. The Morgan fingerprint density at radius 1 is 1.26 bits per heavy atom. The quantitative estimate of drug-likeness (QED) is 0.850. The Morgan fingerprint density at radius 3 is 2.53 bits per heavy atom. The SMILES string of the molecule is CC(=O)Nc1ccc(C(=O)C2CCOCC2C)cc1. The van der Waals surface area contributed by atoms with Gasteiger partial charge in [-0.25, -0.2) is 0 Å². The highest BCUT2D eigenvalue weighted by atomic mass is 16.5. The van der Waals surface area contributed by atoms with Crippen LogP contribution in [-0.2, 0) is 9.53 Å². The molecule has 1 aromatic carbocycles. The van der Waals surface area contributed by atoms with Crippen molar-refractivity contribution in [1.29, 1.82) is 0 Å². The van der Waals surface area contributed by atoms with E-state index in [1.165, 1.54) is 6.92 Å². The van der Waals surface area contributed by atoms with Gasteiger partial charge in [0.25, 0.3) is 0 Å². The first-order valence-corrected chi connectivity index (χ1v) is 6.57. The molecule has 1 saturated heterocycles. The number of carbonyl (C=O) groups excluding carboxylic acids is 2. The summed E-state index contributed by atoms with van der Waals surface area (Å²) >= 11 is 0. The van der Waals surface area contributed by atoms with Gasteiger partial charge < -0.3 is 10.1 Å². The van der Waals surface area contributed by atoms with Crippen molar-refractivity contribution in [1.82, 2.24) is 0 Å². The molecule has 0 bridgehead atoms. The number of hydrogen-bond acceptors (Lipinski definition) is 3. The highest BCUT2D eigenvalue weighted by Crippen LogP contribution is 2.25. The summed E-state index contributed by atoms with van der Waals surface area (Å²) in [5, 5.41) is 2.69. The largest absolute Gasteiger partial charge is 0.381 e. The van der Waals surface area contributed by atoms with E-state index in [1.54, 1.807) is 24.3 Å². The summed E-state index contributed by atoms with van der Waals surface area (Å²) in [7, 11) is 0. The lowest BCUT2D eigenvalue weighted by atomic mass is 9.83. The standard InChI is InChI=1S/C15H19NO3/c1-10-9-19-8-7-14(10)15(18)12-3-5-13(6-4-12)16-11(2)17/h3-6,10,14H,7-9H2,1-2H3,(H,16,17). The Kier molecular flexibility index (Phi) is 4.32. The summed E-state index contributed by atoms with van der Waals surface area (Å²) in [6.07, 6.45) is 0.785. The average molecular weight is 261 g/mol. The van der Waals surface area contributed by atoms with Crippen molar-refractivity contribution in [2.75, 3.05) is 18.5 Å². The summed E-state index contributed by atoms with van der Waals surface area (Å²) in [4.78, 5) is 23.3. The third kappa shape index (κ3) is 3.41. The molecule has 0 spiro atoms. The summed E-state index contributed by atoms with van der Waals surface area (Å²) in [6.45, 7) is 4.82. The van der Waals surface area contributed by atoms with Crippen molar-refractivity contribution in [3.8, 4) is 0 Å². The van der Waals surface area contributed by atoms with Crippen molar-refractivity contribution >= 4 is 17.4 Å². The van der Waals surface area contributed by atoms with Gasteiger partial charge in [0, 0.05) is 37.3 Å². The fourth-order valence-electron chi connectivity index (χ4n) is 2.40. The zero-order valence-electron chi connectivity index (χ0n) is 11.3. The molecule has 4 heteroatoms. The van der Waals surface area contributed by atoms with Gasteiger partial charge in [0.1, 0.15) is 0 Å². The Balaban J connectivity index is 2.08. The van der Waals surface area contributed by atoms with E-state index in [0.717, 1.165) is 6.42 Å². The number of ketones is 1. The van der Waals surface area contributed by atoms with Crippen LogP contribution in [0.5, 0.6) is 0 Å². The predicted octanol–water partition coefficient (Wildman–Crippen LogP) is 2.50. The van der Waals surface area contributed by atoms with Crippen LogP contribution in [0.2, 0.25) is 0 Å². The number of benzene rings is 1. The molecule has 1 aliphatic heterocycles. The lowest BCUT2D eigenvalue weighted by Gasteiger charge is -2.27. The van der Waals surface area contributed by atoms with Crippen molar-refractivity contribution < 1.29 is 14.3 Å². The zero-order chi connectivity index (χ0) is 13.8. The molecule has 0 aliphatic carbocycles. The van der Waals surface area contributed by atoms with Gasteiger partial charge in [0.05, 0.1) is 0 Å². The van der Waals surface area contributed by atoms with Crippen LogP contribution in [0.15, 0.2) is 24.3 Å². The van der Waals surface area contributed by atoms with E-state index in [0.29, 0.717) is 24.5 Å². The molecule has 1 amide bonds. The number of amides is 1. The molecule has 0 saturated carbocycles. The third-order valence-corrected chi connectivity index (χ3v) is 3.47. The van der Waals surface area contributed by atoms with E-state index in [2.05, 4.69) is 5.32 Å². The van der Waals surface area contributed by atoms with Crippen LogP contribution in [0, 0.1) is 11.8 Å². The second-order valence-electron chi connectivity index (χ2n) is 5.07.